The maximum absolute atomic E-state index is 12.5. The second kappa shape index (κ2) is 5.54. The first kappa shape index (κ1) is 14.4. The number of carboxylic acids is 1. The number of amides is 1. The molecule has 0 radical (unpaired) electrons. The third-order valence-corrected chi connectivity index (χ3v) is 3.47. The van der Waals surface area contributed by atoms with Crippen LogP contribution in [0.3, 0.4) is 0 Å². The van der Waals surface area contributed by atoms with Gasteiger partial charge in [0.15, 0.2) is 0 Å². The Morgan fingerprint density at radius 3 is 2.70 bits per heavy atom. The van der Waals surface area contributed by atoms with Crippen LogP contribution in [0.5, 0.6) is 0 Å². The van der Waals surface area contributed by atoms with Gasteiger partial charge in [0.25, 0.3) is 5.91 Å². The number of carbonyl (C=O) groups excluding carboxylic acids is 1. The summed E-state index contributed by atoms with van der Waals surface area (Å²) in [5.74, 6) is -1.36. The molecule has 20 heavy (non-hydrogen) atoms. The van der Waals surface area contributed by atoms with Crippen molar-refractivity contribution >= 4 is 11.9 Å². The molecule has 1 saturated heterocycles. The number of hydrogen-bond donors (Lipinski definition) is 1. The summed E-state index contributed by atoms with van der Waals surface area (Å²) in [7, 11) is 1.51. The van der Waals surface area contributed by atoms with Crippen LogP contribution in [0, 0.1) is 13.8 Å². The van der Waals surface area contributed by atoms with Crippen molar-refractivity contribution in [1.82, 2.24) is 15.1 Å². The lowest BCUT2D eigenvalue weighted by molar-refractivity contribution is -0.141. The van der Waals surface area contributed by atoms with E-state index in [-0.39, 0.29) is 18.6 Å². The van der Waals surface area contributed by atoms with Crippen molar-refractivity contribution in [3.63, 3.8) is 0 Å². The normalized spacial score (nSPS) is 22.1. The Bertz CT molecular complexity index is 546. The van der Waals surface area contributed by atoms with Crippen LogP contribution in [0.25, 0.3) is 0 Å². The number of ether oxygens (including phenoxy) is 1. The van der Waals surface area contributed by atoms with Crippen LogP contribution in [0.2, 0.25) is 0 Å². The Labute approximate surface area is 116 Å². The molecule has 1 aliphatic rings. The van der Waals surface area contributed by atoms with Gasteiger partial charge in [-0.1, -0.05) is 0 Å². The second-order valence-corrected chi connectivity index (χ2v) is 4.89. The van der Waals surface area contributed by atoms with Gasteiger partial charge in [-0.15, -0.1) is 0 Å². The van der Waals surface area contributed by atoms with Gasteiger partial charge in [-0.2, -0.15) is 10.2 Å². The topological polar surface area (TPSA) is 92.6 Å². The number of rotatable bonds is 3. The molecule has 7 nitrogen and oxygen atoms in total. The summed E-state index contributed by atoms with van der Waals surface area (Å²) in [5.41, 5.74) is 1.50. The Hall–Kier alpha value is -2.02. The smallest absolute Gasteiger partial charge is 0.326 e. The van der Waals surface area contributed by atoms with Gasteiger partial charge in [-0.3, -0.25) is 4.79 Å². The lowest BCUT2D eigenvalue weighted by Gasteiger charge is -2.21. The standard InChI is InChI=1S/C13H17N3O4/c1-7-4-10(8(2)15-14-7)12(17)16-6-9(20-3)5-11(16)13(18)19/h4,9,11H,5-6H2,1-3H3,(H,18,19). The van der Waals surface area contributed by atoms with Crippen LogP contribution >= 0.6 is 0 Å². The molecule has 2 heterocycles. The van der Waals surface area contributed by atoms with E-state index in [9.17, 15) is 14.7 Å². The number of carboxylic acid groups (broad SMARTS) is 1. The molecule has 2 unspecified atom stereocenters. The van der Waals surface area contributed by atoms with Crippen molar-refractivity contribution in [2.24, 2.45) is 0 Å². The fraction of sp³-hybridized carbons (Fsp3) is 0.538. The zero-order valence-electron chi connectivity index (χ0n) is 11.7. The van der Waals surface area contributed by atoms with Crippen molar-refractivity contribution < 1.29 is 19.4 Å². The van der Waals surface area contributed by atoms with Gasteiger partial charge in [0.1, 0.15) is 6.04 Å². The van der Waals surface area contributed by atoms with E-state index in [1.54, 1.807) is 19.9 Å². The van der Waals surface area contributed by atoms with E-state index in [2.05, 4.69) is 10.2 Å². The van der Waals surface area contributed by atoms with Crippen LogP contribution in [0.1, 0.15) is 28.2 Å². The SMILES string of the molecule is COC1CC(C(=O)O)N(C(=O)c2cc(C)nnc2C)C1. The maximum atomic E-state index is 12.5. The van der Waals surface area contributed by atoms with Gasteiger partial charge in [-0.05, 0) is 19.9 Å². The van der Waals surface area contributed by atoms with Crippen molar-refractivity contribution in [2.75, 3.05) is 13.7 Å². The average molecular weight is 279 g/mol. The summed E-state index contributed by atoms with van der Waals surface area (Å²) in [5, 5.41) is 17.0. The van der Waals surface area contributed by atoms with Crippen LogP contribution in [0.4, 0.5) is 0 Å². The fourth-order valence-electron chi connectivity index (χ4n) is 2.35. The Morgan fingerprint density at radius 2 is 2.10 bits per heavy atom. The molecule has 2 atom stereocenters. The van der Waals surface area contributed by atoms with E-state index < -0.39 is 12.0 Å². The first-order chi connectivity index (χ1) is 9.43. The van der Waals surface area contributed by atoms with E-state index in [1.807, 2.05) is 0 Å². The van der Waals surface area contributed by atoms with Crippen molar-refractivity contribution in [2.45, 2.75) is 32.4 Å². The van der Waals surface area contributed by atoms with Crippen LogP contribution in [0.15, 0.2) is 6.07 Å². The molecule has 0 aliphatic carbocycles. The van der Waals surface area contributed by atoms with Crippen molar-refractivity contribution in [3.05, 3.63) is 23.0 Å². The summed E-state index contributed by atoms with van der Waals surface area (Å²) < 4.78 is 5.18. The molecule has 1 fully saturated rings. The Morgan fingerprint density at radius 1 is 1.40 bits per heavy atom. The van der Waals surface area contributed by atoms with Gasteiger partial charge >= 0.3 is 5.97 Å². The van der Waals surface area contributed by atoms with E-state index in [4.69, 9.17) is 4.74 Å². The molecule has 1 aliphatic heterocycles. The van der Waals surface area contributed by atoms with Gasteiger partial charge < -0.3 is 14.7 Å². The molecule has 7 heteroatoms. The minimum Gasteiger partial charge on any atom is -0.480 e. The van der Waals surface area contributed by atoms with Gasteiger partial charge in [0.2, 0.25) is 0 Å². The van der Waals surface area contributed by atoms with E-state index in [0.29, 0.717) is 23.4 Å². The van der Waals surface area contributed by atoms with E-state index >= 15 is 0 Å². The first-order valence-electron chi connectivity index (χ1n) is 6.31. The molecule has 0 saturated carbocycles. The number of hydrogen-bond acceptors (Lipinski definition) is 5. The molecule has 108 valence electrons. The largest absolute Gasteiger partial charge is 0.480 e. The molecule has 0 spiro atoms. The zero-order valence-corrected chi connectivity index (χ0v) is 11.7. The second-order valence-electron chi connectivity index (χ2n) is 4.89. The lowest BCUT2D eigenvalue weighted by atomic mass is 10.1. The monoisotopic (exact) mass is 279 g/mol. The highest BCUT2D eigenvalue weighted by Gasteiger charge is 2.40. The number of aromatic nitrogens is 2. The molecule has 1 amide bonds. The van der Waals surface area contributed by atoms with Gasteiger partial charge in [0.05, 0.1) is 23.1 Å². The third-order valence-electron chi connectivity index (χ3n) is 3.47. The number of carbonyl (C=O) groups is 2. The number of likely N-dealkylation sites (tertiary alicyclic amines) is 1. The van der Waals surface area contributed by atoms with Crippen LogP contribution in [-0.4, -0.2) is 57.9 Å². The summed E-state index contributed by atoms with van der Waals surface area (Å²) in [6.07, 6.45) is 0.0462. The third kappa shape index (κ3) is 2.62. The quantitative estimate of drug-likeness (QED) is 0.861. The van der Waals surface area contributed by atoms with E-state index in [0.717, 1.165) is 0 Å². The number of methoxy groups -OCH3 is 1. The minimum atomic E-state index is -1.02. The highest BCUT2D eigenvalue weighted by molar-refractivity contribution is 5.97. The summed E-state index contributed by atoms with van der Waals surface area (Å²) in [6.45, 7) is 3.69. The molecule has 0 aromatic carbocycles. The van der Waals surface area contributed by atoms with Crippen LogP contribution < -0.4 is 0 Å². The minimum absolute atomic E-state index is 0.253. The fourth-order valence-corrected chi connectivity index (χ4v) is 2.35. The molecular weight excluding hydrogens is 262 g/mol. The lowest BCUT2D eigenvalue weighted by Crippen LogP contribution is -2.41. The Kier molecular flexibility index (Phi) is 3.99. The van der Waals surface area contributed by atoms with Gasteiger partial charge in [0, 0.05) is 20.1 Å². The summed E-state index contributed by atoms with van der Waals surface area (Å²) >= 11 is 0. The number of aliphatic carboxylic acids is 1. The molecule has 1 aromatic rings. The highest BCUT2D eigenvalue weighted by Crippen LogP contribution is 2.23. The van der Waals surface area contributed by atoms with Crippen LogP contribution in [-0.2, 0) is 9.53 Å². The van der Waals surface area contributed by atoms with Gasteiger partial charge in [-0.25, -0.2) is 4.79 Å². The average Bonchev–Trinajstić information content (AvgIpc) is 2.85. The molecule has 1 N–H and O–H groups in total. The number of nitrogens with zero attached hydrogens (tertiary/aromatic N) is 3. The van der Waals surface area contributed by atoms with Crippen molar-refractivity contribution in [1.29, 1.82) is 0 Å². The van der Waals surface area contributed by atoms with Crippen molar-refractivity contribution in [3.8, 4) is 0 Å². The molecular formula is C13H17N3O4. The predicted molar refractivity (Wildman–Crippen MR) is 69.4 cm³/mol. The zero-order chi connectivity index (χ0) is 14.9. The highest BCUT2D eigenvalue weighted by atomic mass is 16.5. The Balaban J connectivity index is 2.31. The predicted octanol–water partition coefficient (Wildman–Crippen LogP) is 0.408. The molecule has 2 rings (SSSR count). The number of aryl methyl sites for hydroxylation is 2. The first-order valence-corrected chi connectivity index (χ1v) is 6.31. The summed E-state index contributed by atoms with van der Waals surface area (Å²) in [4.78, 5) is 25.2. The van der Waals surface area contributed by atoms with E-state index in [1.165, 1.54) is 12.0 Å². The summed E-state index contributed by atoms with van der Waals surface area (Å²) in [6, 6.07) is 0.768. The molecule has 1 aromatic heterocycles. The maximum Gasteiger partial charge on any atom is 0.326 e. The molecule has 0 bridgehead atoms.